The third-order valence-electron chi connectivity index (χ3n) is 3.05. The molecule has 3 heteroatoms. The van der Waals surface area contributed by atoms with E-state index >= 15 is 0 Å². The first-order chi connectivity index (χ1) is 6.38. The minimum absolute atomic E-state index is 0.515. The van der Waals surface area contributed by atoms with Crippen molar-refractivity contribution in [1.82, 2.24) is 10.2 Å². The summed E-state index contributed by atoms with van der Waals surface area (Å²) in [6, 6.07) is 0.515. The number of nitrogens with two attached hydrogens (primary N) is 1. The summed E-state index contributed by atoms with van der Waals surface area (Å²) in [5.41, 5.74) is 6.99. The van der Waals surface area contributed by atoms with Crippen molar-refractivity contribution in [3.05, 3.63) is 11.9 Å². The summed E-state index contributed by atoms with van der Waals surface area (Å²) in [6.45, 7) is 3.54. The SMILES string of the molecule is NC1=CNCCC1N1CCCCC1. The number of hydrogen-bond acceptors (Lipinski definition) is 3. The average Bonchev–Trinajstić information content (AvgIpc) is 2.20. The van der Waals surface area contributed by atoms with Crippen molar-refractivity contribution < 1.29 is 0 Å². The van der Waals surface area contributed by atoms with Gasteiger partial charge in [-0.15, -0.1) is 0 Å². The molecule has 2 aliphatic rings. The van der Waals surface area contributed by atoms with Crippen LogP contribution in [-0.4, -0.2) is 30.6 Å². The van der Waals surface area contributed by atoms with Crippen LogP contribution in [0.2, 0.25) is 0 Å². The molecule has 1 atom stereocenters. The highest BCUT2D eigenvalue weighted by Crippen LogP contribution is 2.18. The largest absolute Gasteiger partial charge is 0.400 e. The number of rotatable bonds is 1. The Morgan fingerprint density at radius 3 is 2.77 bits per heavy atom. The molecule has 0 bridgehead atoms. The molecule has 74 valence electrons. The van der Waals surface area contributed by atoms with Gasteiger partial charge in [0.2, 0.25) is 0 Å². The number of hydrogen-bond donors (Lipinski definition) is 2. The van der Waals surface area contributed by atoms with E-state index in [0.717, 1.165) is 12.2 Å². The van der Waals surface area contributed by atoms with E-state index in [0.29, 0.717) is 6.04 Å². The molecule has 3 N–H and O–H groups in total. The molecule has 0 aromatic heterocycles. The minimum Gasteiger partial charge on any atom is -0.400 e. The summed E-state index contributed by atoms with van der Waals surface area (Å²) < 4.78 is 0. The van der Waals surface area contributed by atoms with E-state index in [2.05, 4.69) is 10.2 Å². The predicted octanol–water partition coefficient (Wildman–Crippen LogP) is 0.634. The van der Waals surface area contributed by atoms with Gasteiger partial charge >= 0.3 is 0 Å². The van der Waals surface area contributed by atoms with E-state index in [9.17, 15) is 0 Å². The van der Waals surface area contributed by atoms with Crippen molar-refractivity contribution in [2.24, 2.45) is 5.73 Å². The molecule has 2 rings (SSSR count). The van der Waals surface area contributed by atoms with Crippen molar-refractivity contribution in [2.75, 3.05) is 19.6 Å². The zero-order valence-corrected chi connectivity index (χ0v) is 8.13. The fraction of sp³-hybridized carbons (Fsp3) is 0.800. The van der Waals surface area contributed by atoms with Gasteiger partial charge < -0.3 is 11.1 Å². The second-order valence-corrected chi connectivity index (χ2v) is 4.00. The lowest BCUT2D eigenvalue weighted by molar-refractivity contribution is 0.171. The van der Waals surface area contributed by atoms with Crippen LogP contribution in [0.5, 0.6) is 0 Å². The lowest BCUT2D eigenvalue weighted by Gasteiger charge is -2.36. The van der Waals surface area contributed by atoms with E-state index < -0.39 is 0 Å². The van der Waals surface area contributed by atoms with Gasteiger partial charge in [-0.3, -0.25) is 4.90 Å². The zero-order valence-electron chi connectivity index (χ0n) is 8.13. The number of nitrogens with zero attached hydrogens (tertiary/aromatic N) is 1. The molecule has 2 aliphatic heterocycles. The Bertz CT molecular complexity index is 194. The van der Waals surface area contributed by atoms with E-state index in [4.69, 9.17) is 5.73 Å². The van der Waals surface area contributed by atoms with Gasteiger partial charge in [-0.1, -0.05) is 6.42 Å². The summed E-state index contributed by atoms with van der Waals surface area (Å²) >= 11 is 0. The summed E-state index contributed by atoms with van der Waals surface area (Å²) in [4.78, 5) is 2.54. The lowest BCUT2D eigenvalue weighted by Crippen LogP contribution is -2.45. The third-order valence-corrected chi connectivity index (χ3v) is 3.05. The summed E-state index contributed by atoms with van der Waals surface area (Å²) in [7, 11) is 0. The molecule has 0 aromatic rings. The molecule has 0 aromatic carbocycles. The molecule has 13 heavy (non-hydrogen) atoms. The molecule has 0 saturated carbocycles. The van der Waals surface area contributed by atoms with Crippen LogP contribution in [0.1, 0.15) is 25.7 Å². The highest BCUT2D eigenvalue weighted by Gasteiger charge is 2.23. The lowest BCUT2D eigenvalue weighted by atomic mass is 10.0. The summed E-state index contributed by atoms with van der Waals surface area (Å²) in [5, 5.41) is 3.19. The number of piperidine rings is 1. The molecule has 0 aliphatic carbocycles. The van der Waals surface area contributed by atoms with Crippen molar-refractivity contribution in [2.45, 2.75) is 31.7 Å². The standard InChI is InChI=1S/C10H19N3/c11-9-8-12-5-4-10(9)13-6-2-1-3-7-13/h8,10,12H,1-7,11H2. The van der Waals surface area contributed by atoms with Crippen molar-refractivity contribution in [3.8, 4) is 0 Å². The Balaban J connectivity index is 1.97. The van der Waals surface area contributed by atoms with Gasteiger partial charge in [-0.05, 0) is 32.4 Å². The van der Waals surface area contributed by atoms with E-state index in [1.165, 1.54) is 38.8 Å². The van der Waals surface area contributed by atoms with Gasteiger partial charge in [0.1, 0.15) is 0 Å². The molecule has 2 heterocycles. The molecular formula is C10H19N3. The predicted molar refractivity (Wildman–Crippen MR) is 54.1 cm³/mol. The maximum Gasteiger partial charge on any atom is 0.0524 e. The highest BCUT2D eigenvalue weighted by molar-refractivity contribution is 5.09. The Morgan fingerprint density at radius 2 is 2.08 bits per heavy atom. The van der Waals surface area contributed by atoms with Crippen LogP contribution >= 0.6 is 0 Å². The second kappa shape index (κ2) is 4.01. The monoisotopic (exact) mass is 181 g/mol. The van der Waals surface area contributed by atoms with Gasteiger partial charge in [0.25, 0.3) is 0 Å². The molecule has 1 unspecified atom stereocenters. The number of nitrogens with one attached hydrogen (secondary N) is 1. The summed E-state index contributed by atoms with van der Waals surface area (Å²) in [5.74, 6) is 0. The first-order valence-electron chi connectivity index (χ1n) is 5.31. The van der Waals surface area contributed by atoms with Gasteiger partial charge in [0.15, 0.2) is 0 Å². The number of likely N-dealkylation sites (tertiary alicyclic amines) is 1. The van der Waals surface area contributed by atoms with Gasteiger partial charge in [-0.25, -0.2) is 0 Å². The van der Waals surface area contributed by atoms with Crippen LogP contribution in [0, 0.1) is 0 Å². The van der Waals surface area contributed by atoms with Crippen LogP contribution in [0.25, 0.3) is 0 Å². The highest BCUT2D eigenvalue weighted by atomic mass is 15.2. The van der Waals surface area contributed by atoms with E-state index in [-0.39, 0.29) is 0 Å². The smallest absolute Gasteiger partial charge is 0.0524 e. The topological polar surface area (TPSA) is 41.3 Å². The quantitative estimate of drug-likeness (QED) is 0.623. The Hall–Kier alpha value is -0.700. The van der Waals surface area contributed by atoms with Crippen LogP contribution in [0.4, 0.5) is 0 Å². The Kier molecular flexibility index (Phi) is 2.74. The minimum atomic E-state index is 0.515. The molecule has 1 saturated heterocycles. The first-order valence-corrected chi connectivity index (χ1v) is 5.31. The zero-order chi connectivity index (χ0) is 9.10. The third kappa shape index (κ3) is 1.97. The van der Waals surface area contributed by atoms with Gasteiger partial charge in [0.05, 0.1) is 6.04 Å². The second-order valence-electron chi connectivity index (χ2n) is 4.00. The molecule has 0 spiro atoms. The normalized spacial score (nSPS) is 30.8. The molecule has 3 nitrogen and oxygen atoms in total. The molecule has 0 amide bonds. The van der Waals surface area contributed by atoms with Crippen LogP contribution in [-0.2, 0) is 0 Å². The first kappa shape index (κ1) is 8.88. The van der Waals surface area contributed by atoms with Gasteiger partial charge in [-0.2, -0.15) is 0 Å². The van der Waals surface area contributed by atoms with Gasteiger partial charge in [0, 0.05) is 18.4 Å². The molecular weight excluding hydrogens is 162 g/mol. The molecule has 0 radical (unpaired) electrons. The molecule has 1 fully saturated rings. The van der Waals surface area contributed by atoms with E-state index in [1.807, 2.05) is 6.20 Å². The van der Waals surface area contributed by atoms with Crippen LogP contribution in [0.3, 0.4) is 0 Å². The van der Waals surface area contributed by atoms with Crippen LogP contribution in [0.15, 0.2) is 11.9 Å². The fourth-order valence-corrected chi connectivity index (χ4v) is 2.30. The Labute approximate surface area is 80.0 Å². The Morgan fingerprint density at radius 1 is 1.31 bits per heavy atom. The summed E-state index contributed by atoms with van der Waals surface area (Å²) in [6.07, 6.45) is 7.23. The van der Waals surface area contributed by atoms with Crippen LogP contribution < -0.4 is 11.1 Å². The van der Waals surface area contributed by atoms with Crippen molar-refractivity contribution >= 4 is 0 Å². The maximum atomic E-state index is 5.97. The van der Waals surface area contributed by atoms with E-state index in [1.54, 1.807) is 0 Å². The van der Waals surface area contributed by atoms with Crippen molar-refractivity contribution in [3.63, 3.8) is 0 Å². The maximum absolute atomic E-state index is 5.97. The van der Waals surface area contributed by atoms with Crippen molar-refractivity contribution in [1.29, 1.82) is 0 Å². The fourth-order valence-electron chi connectivity index (χ4n) is 2.30. The average molecular weight is 181 g/mol.